The number of fused-ring (bicyclic) bond motifs is 1. The summed E-state index contributed by atoms with van der Waals surface area (Å²) in [5.41, 5.74) is 7.22. The van der Waals surface area contributed by atoms with Gasteiger partial charge in [-0.1, -0.05) is 85.8 Å². The number of rotatable bonds is 7. The number of aromatic nitrogens is 2. The molecule has 5 nitrogen and oxygen atoms in total. The fourth-order valence-electron chi connectivity index (χ4n) is 4.48. The number of hydrogen-bond donors (Lipinski definition) is 1. The van der Waals surface area contributed by atoms with Gasteiger partial charge in [0.2, 0.25) is 0 Å². The molecular weight excluding hydrogens is 444 g/mol. The second-order valence-electron chi connectivity index (χ2n) is 8.75. The molecule has 5 heteroatoms. The van der Waals surface area contributed by atoms with E-state index in [1.807, 2.05) is 79.1 Å². The molecule has 5 rings (SSSR count). The van der Waals surface area contributed by atoms with Gasteiger partial charge in [-0.15, -0.1) is 0 Å². The third kappa shape index (κ3) is 4.75. The number of nitrogens with zero attached hydrogens (tertiary/aromatic N) is 3. The number of nitrogens with one attached hydrogen (secondary N) is 1. The first-order valence-corrected chi connectivity index (χ1v) is 12.0. The lowest BCUT2D eigenvalue weighted by Gasteiger charge is -2.17. The largest absolute Gasteiger partial charge is 0.345 e. The van der Waals surface area contributed by atoms with Gasteiger partial charge in [0.1, 0.15) is 0 Å². The van der Waals surface area contributed by atoms with E-state index in [1.165, 1.54) is 0 Å². The summed E-state index contributed by atoms with van der Waals surface area (Å²) in [5.74, 6) is -0.0996. The third-order valence-electron chi connectivity index (χ3n) is 6.44. The summed E-state index contributed by atoms with van der Waals surface area (Å²) in [4.78, 5) is 21.1. The second kappa shape index (κ2) is 10.3. The van der Waals surface area contributed by atoms with E-state index in [4.69, 9.17) is 6.57 Å². The van der Waals surface area contributed by atoms with E-state index in [1.54, 1.807) is 0 Å². The van der Waals surface area contributed by atoms with Gasteiger partial charge in [0.15, 0.2) is 5.69 Å². The van der Waals surface area contributed by atoms with Crippen LogP contribution in [0.25, 0.3) is 27.0 Å². The van der Waals surface area contributed by atoms with Gasteiger partial charge in [0.05, 0.1) is 30.0 Å². The zero-order valence-corrected chi connectivity index (χ0v) is 20.1. The standard InChI is InChI=1S/C31H26N4O/c1-3-27(24-9-5-4-6-10-24)34-31(36)25-17-18-30-29(19-25)33-21-35(30)20-22-13-15-23(16-14-22)26-11-7-8-12-28(26)32-2/h4-19,21,27H,3,20H2,1H3,(H,34,36). The van der Waals surface area contributed by atoms with Crippen molar-refractivity contribution < 1.29 is 4.79 Å². The highest BCUT2D eigenvalue weighted by molar-refractivity contribution is 5.97. The first-order valence-electron chi connectivity index (χ1n) is 12.0. The first-order chi connectivity index (χ1) is 17.7. The van der Waals surface area contributed by atoms with Gasteiger partial charge in [-0.25, -0.2) is 9.83 Å². The molecule has 1 aromatic heterocycles. The van der Waals surface area contributed by atoms with Crippen LogP contribution in [0.5, 0.6) is 0 Å². The normalized spacial score (nSPS) is 11.7. The number of carbonyl (C=O) groups is 1. The lowest BCUT2D eigenvalue weighted by atomic mass is 10.0. The van der Waals surface area contributed by atoms with Crippen LogP contribution in [0.4, 0.5) is 5.69 Å². The Hall–Kier alpha value is -4.69. The van der Waals surface area contributed by atoms with Crippen LogP contribution in [0, 0.1) is 6.57 Å². The molecule has 1 unspecified atom stereocenters. The van der Waals surface area contributed by atoms with Crippen LogP contribution in [0.15, 0.2) is 103 Å². The van der Waals surface area contributed by atoms with Crippen molar-refractivity contribution in [2.45, 2.75) is 25.9 Å². The summed E-state index contributed by atoms with van der Waals surface area (Å²) in [6.45, 7) is 10.1. The van der Waals surface area contributed by atoms with E-state index in [0.717, 1.165) is 39.7 Å². The fourth-order valence-corrected chi connectivity index (χ4v) is 4.48. The minimum absolute atomic E-state index is 0.0309. The van der Waals surface area contributed by atoms with Crippen molar-refractivity contribution in [3.8, 4) is 11.1 Å². The molecule has 36 heavy (non-hydrogen) atoms. The number of imidazole rings is 1. The summed E-state index contributed by atoms with van der Waals surface area (Å²) < 4.78 is 2.08. The lowest BCUT2D eigenvalue weighted by Crippen LogP contribution is -2.28. The highest BCUT2D eigenvalue weighted by atomic mass is 16.1. The predicted molar refractivity (Wildman–Crippen MR) is 144 cm³/mol. The van der Waals surface area contributed by atoms with Crippen LogP contribution in [0.2, 0.25) is 0 Å². The smallest absolute Gasteiger partial charge is 0.251 e. The van der Waals surface area contributed by atoms with E-state index in [9.17, 15) is 4.79 Å². The van der Waals surface area contributed by atoms with Crippen molar-refractivity contribution >= 4 is 22.6 Å². The van der Waals surface area contributed by atoms with Gasteiger partial charge in [-0.2, -0.15) is 0 Å². The van der Waals surface area contributed by atoms with E-state index >= 15 is 0 Å². The quantitative estimate of drug-likeness (QED) is 0.256. The molecule has 0 aliphatic heterocycles. The van der Waals surface area contributed by atoms with Crippen molar-refractivity contribution in [2.24, 2.45) is 0 Å². The van der Waals surface area contributed by atoms with Crippen LogP contribution >= 0.6 is 0 Å². The van der Waals surface area contributed by atoms with Crippen molar-refractivity contribution in [1.29, 1.82) is 0 Å². The van der Waals surface area contributed by atoms with Crippen molar-refractivity contribution in [1.82, 2.24) is 14.9 Å². The van der Waals surface area contributed by atoms with E-state index in [2.05, 4.69) is 50.9 Å². The van der Waals surface area contributed by atoms with Crippen LogP contribution < -0.4 is 5.32 Å². The summed E-state index contributed by atoms with van der Waals surface area (Å²) >= 11 is 0. The highest BCUT2D eigenvalue weighted by Crippen LogP contribution is 2.30. The summed E-state index contributed by atoms with van der Waals surface area (Å²) in [6.07, 6.45) is 2.63. The number of hydrogen-bond acceptors (Lipinski definition) is 2. The Balaban J connectivity index is 1.32. The monoisotopic (exact) mass is 470 g/mol. The summed E-state index contributed by atoms with van der Waals surface area (Å²) in [7, 11) is 0. The Bertz CT molecular complexity index is 1550. The lowest BCUT2D eigenvalue weighted by molar-refractivity contribution is 0.0935. The molecule has 1 atom stereocenters. The van der Waals surface area contributed by atoms with Gasteiger partial charge in [0, 0.05) is 12.1 Å². The van der Waals surface area contributed by atoms with Crippen molar-refractivity contribution in [3.63, 3.8) is 0 Å². The summed E-state index contributed by atoms with van der Waals surface area (Å²) in [6, 6.07) is 31.6. The molecule has 0 aliphatic rings. The van der Waals surface area contributed by atoms with Gasteiger partial charge in [0.25, 0.3) is 5.91 Å². The SMILES string of the molecule is [C-]#[N+]c1ccccc1-c1ccc(Cn2cnc3cc(C(=O)NC(CC)c4ccccc4)ccc32)cc1. The molecule has 1 N–H and O–H groups in total. The van der Waals surface area contributed by atoms with Crippen molar-refractivity contribution in [2.75, 3.05) is 0 Å². The molecule has 0 aliphatic carbocycles. The molecule has 176 valence electrons. The number of amides is 1. The highest BCUT2D eigenvalue weighted by Gasteiger charge is 2.15. The molecule has 0 radical (unpaired) electrons. The molecule has 0 fully saturated rings. The Labute approximate surface area is 210 Å². The average molecular weight is 471 g/mol. The topological polar surface area (TPSA) is 51.3 Å². The molecule has 0 saturated carbocycles. The maximum absolute atomic E-state index is 13.0. The number of para-hydroxylation sites is 1. The average Bonchev–Trinajstić information content (AvgIpc) is 3.34. The molecule has 4 aromatic carbocycles. The maximum atomic E-state index is 13.0. The van der Waals surface area contributed by atoms with Gasteiger partial charge >= 0.3 is 0 Å². The van der Waals surface area contributed by atoms with E-state index in [0.29, 0.717) is 17.8 Å². The Morgan fingerprint density at radius 2 is 1.72 bits per heavy atom. The molecule has 5 aromatic rings. The fraction of sp³-hybridized carbons (Fsp3) is 0.129. The molecule has 0 saturated heterocycles. The predicted octanol–water partition coefficient (Wildman–Crippen LogP) is 7.18. The zero-order valence-electron chi connectivity index (χ0n) is 20.1. The first kappa shape index (κ1) is 23.1. The third-order valence-corrected chi connectivity index (χ3v) is 6.44. The van der Waals surface area contributed by atoms with Crippen molar-refractivity contribution in [3.05, 3.63) is 131 Å². The number of carbonyl (C=O) groups excluding carboxylic acids is 1. The van der Waals surface area contributed by atoms with Crippen LogP contribution in [0.1, 0.15) is 40.9 Å². The molecular formula is C31H26N4O. The number of benzene rings is 4. The molecule has 0 bridgehead atoms. The second-order valence-corrected chi connectivity index (χ2v) is 8.75. The van der Waals surface area contributed by atoms with Gasteiger partial charge in [-0.05, 0) is 46.9 Å². The molecule has 1 heterocycles. The molecule has 1 amide bonds. The minimum Gasteiger partial charge on any atom is -0.345 e. The van der Waals surface area contributed by atoms with Gasteiger partial charge < -0.3 is 9.88 Å². The van der Waals surface area contributed by atoms with Crippen LogP contribution in [-0.4, -0.2) is 15.5 Å². The molecule has 0 spiro atoms. The zero-order chi connectivity index (χ0) is 24.9. The van der Waals surface area contributed by atoms with E-state index in [-0.39, 0.29) is 11.9 Å². The Kier molecular flexibility index (Phi) is 6.59. The van der Waals surface area contributed by atoms with Crippen LogP contribution in [0.3, 0.4) is 0 Å². The van der Waals surface area contributed by atoms with Gasteiger partial charge in [-0.3, -0.25) is 4.79 Å². The maximum Gasteiger partial charge on any atom is 0.251 e. The summed E-state index contributed by atoms with van der Waals surface area (Å²) in [5, 5.41) is 3.15. The Morgan fingerprint density at radius 1 is 0.972 bits per heavy atom. The Morgan fingerprint density at radius 3 is 2.47 bits per heavy atom. The van der Waals surface area contributed by atoms with E-state index < -0.39 is 0 Å². The van der Waals surface area contributed by atoms with Crippen LogP contribution in [-0.2, 0) is 6.54 Å². The minimum atomic E-state index is -0.0996.